The molecule has 0 rings (SSSR count). The van der Waals surface area contributed by atoms with Gasteiger partial charge in [0.05, 0.1) is 0 Å². The van der Waals surface area contributed by atoms with E-state index in [9.17, 15) is 0 Å². The van der Waals surface area contributed by atoms with Crippen molar-refractivity contribution in [2.45, 2.75) is 0 Å². The molecule has 0 fully saturated rings. The molecule has 17 heteroatoms. The van der Waals surface area contributed by atoms with Crippen LogP contribution in [0.4, 0.5) is 0 Å². The number of hydrogen-bond donors (Lipinski definition) is 0. The fourth-order valence-electron chi connectivity index (χ4n) is 0. The molecular weight excluding hydrogens is 415 g/mol. The predicted molar refractivity (Wildman–Crippen MR) is 31.4 cm³/mol. The Kier molecular flexibility index (Phi) is 21.1. The van der Waals surface area contributed by atoms with Gasteiger partial charge in [-0.3, -0.25) is 25.3 Å². The van der Waals surface area contributed by atoms with Crippen molar-refractivity contribution in [1.82, 2.24) is 0 Å². The molecule has 0 aromatic heterocycles. The Morgan fingerprint density at radius 2 is 0.412 bits per heavy atom. The van der Waals surface area contributed by atoms with Crippen LogP contribution in [-0.2, 0) is 65.3 Å². The Labute approximate surface area is 117 Å². The second kappa shape index (κ2) is 11.7. The smallest absolute Gasteiger partial charge is 0.759 e. The van der Waals surface area contributed by atoms with Crippen molar-refractivity contribution < 1.29 is 86.7 Å². The molecule has 0 aliphatic rings. The van der Waals surface area contributed by atoms with Gasteiger partial charge in [0.15, 0.2) is 0 Å². The van der Waals surface area contributed by atoms with Gasteiger partial charge in [0.25, 0.3) is 0 Å². The average molecular weight is 415 g/mol. The molecule has 0 bridgehead atoms. The molecule has 0 saturated carbocycles. The Morgan fingerprint density at radius 3 is 0.412 bits per heavy atom. The quantitative estimate of drug-likeness (QED) is 0.209. The van der Waals surface area contributed by atoms with Crippen LogP contribution in [0.5, 0.6) is 0 Å². The van der Waals surface area contributed by atoms with Gasteiger partial charge in [-0.1, -0.05) is 0 Å². The summed E-state index contributed by atoms with van der Waals surface area (Å²) in [5.41, 5.74) is 0. The molecule has 0 aromatic rings. The van der Waals surface area contributed by atoms with Gasteiger partial charge in [-0.2, -0.15) is 0 Å². The topological polar surface area (TPSA) is 241 Å². The molecule has 0 saturated heterocycles. The summed E-state index contributed by atoms with van der Waals surface area (Å²) in [5.74, 6) is 0. The molecule has 12 nitrogen and oxygen atoms in total. The number of rotatable bonds is 0. The van der Waals surface area contributed by atoms with Crippen LogP contribution in [0.15, 0.2) is 0 Å². The van der Waals surface area contributed by atoms with E-state index in [4.69, 9.17) is 52.6 Å². The normalized spacial score (nSPS) is 10.2. The maximum Gasteiger partial charge on any atom is 3.00 e. The van der Waals surface area contributed by atoms with Gasteiger partial charge in [-0.25, -0.2) is 0 Å². The molecule has 0 aliphatic heterocycles. The molecule has 0 atom stereocenters. The standard InChI is InChI=1S/2Cu.3H2O4S/c;;3*1-5(2,3)4/h;;3*(H2,1,2,3,4)/q2*+3;;;/p-6. The molecule has 0 unspecified atom stereocenters. The van der Waals surface area contributed by atoms with Crippen LogP contribution in [-0.4, -0.2) is 52.6 Å². The van der Waals surface area contributed by atoms with Gasteiger partial charge in [0.2, 0.25) is 0 Å². The zero-order valence-electron chi connectivity index (χ0n) is 6.73. The molecule has 0 N–H and O–H groups in total. The summed E-state index contributed by atoms with van der Waals surface area (Å²) in [5, 5.41) is 0. The third-order valence-corrected chi connectivity index (χ3v) is 0. The van der Waals surface area contributed by atoms with Crippen molar-refractivity contribution in [3.8, 4) is 0 Å². The minimum absolute atomic E-state index is 0. The first-order valence-corrected chi connectivity index (χ1v) is 6.00. The molecule has 0 aliphatic carbocycles. The largest absolute Gasteiger partial charge is 3.00 e. The summed E-state index contributed by atoms with van der Waals surface area (Å²) in [6.45, 7) is 0. The summed E-state index contributed by atoms with van der Waals surface area (Å²) in [6, 6.07) is 0. The van der Waals surface area contributed by atoms with Crippen LogP contribution in [0.25, 0.3) is 0 Å². The van der Waals surface area contributed by atoms with Gasteiger partial charge in [-0.05, 0) is 0 Å². The first kappa shape index (κ1) is 30.6. The second-order valence-corrected chi connectivity index (χ2v) is 3.67. The number of hydrogen-bond acceptors (Lipinski definition) is 12. The second-order valence-electron chi connectivity index (χ2n) is 1.22. The van der Waals surface area contributed by atoms with E-state index in [1.165, 1.54) is 0 Å². The Balaban J connectivity index is -0.0000000400. The van der Waals surface area contributed by atoms with Crippen LogP contribution in [0.1, 0.15) is 0 Å². The average Bonchev–Trinajstić information content (AvgIpc) is 1.41. The zero-order chi connectivity index (χ0) is 13.5. The zero-order valence-corrected chi connectivity index (χ0v) is 11.1. The van der Waals surface area contributed by atoms with E-state index in [0.29, 0.717) is 0 Å². The Morgan fingerprint density at radius 1 is 0.412 bits per heavy atom. The van der Waals surface area contributed by atoms with Crippen LogP contribution < -0.4 is 0 Å². The van der Waals surface area contributed by atoms with Crippen molar-refractivity contribution >= 4 is 31.2 Å². The minimum Gasteiger partial charge on any atom is -0.759 e. The molecular formula is Cu2O12S3. The van der Waals surface area contributed by atoms with Gasteiger partial charge >= 0.3 is 34.1 Å². The summed E-state index contributed by atoms with van der Waals surface area (Å²) in [6.07, 6.45) is 0. The predicted octanol–water partition coefficient (Wildman–Crippen LogP) is -4.02. The van der Waals surface area contributed by atoms with Crippen LogP contribution in [0.3, 0.4) is 0 Å². The van der Waals surface area contributed by atoms with Gasteiger partial charge in [0, 0.05) is 31.2 Å². The fourth-order valence-corrected chi connectivity index (χ4v) is 0. The van der Waals surface area contributed by atoms with Crippen LogP contribution in [0.2, 0.25) is 0 Å². The molecule has 0 aromatic carbocycles. The van der Waals surface area contributed by atoms with Crippen molar-refractivity contribution in [3.05, 3.63) is 0 Å². The Hall–Kier alpha value is 0.649. The summed E-state index contributed by atoms with van der Waals surface area (Å²) < 4.78 is 102. The Bertz CT molecular complexity index is 341. The van der Waals surface area contributed by atoms with Gasteiger partial charge < -0.3 is 27.3 Å². The first-order valence-electron chi connectivity index (χ1n) is 2.00. The van der Waals surface area contributed by atoms with Gasteiger partial charge in [0.1, 0.15) is 0 Å². The minimum atomic E-state index is -5.17. The van der Waals surface area contributed by atoms with E-state index in [0.717, 1.165) is 0 Å². The van der Waals surface area contributed by atoms with E-state index in [1.54, 1.807) is 0 Å². The maximum absolute atomic E-state index is 8.52. The monoisotopic (exact) mass is 414 g/mol. The van der Waals surface area contributed by atoms with Gasteiger partial charge in [-0.15, -0.1) is 0 Å². The van der Waals surface area contributed by atoms with Crippen LogP contribution in [0, 0.1) is 0 Å². The third-order valence-electron chi connectivity index (χ3n) is 0. The molecule has 0 amide bonds. The van der Waals surface area contributed by atoms with E-state index >= 15 is 0 Å². The van der Waals surface area contributed by atoms with Crippen molar-refractivity contribution in [2.24, 2.45) is 0 Å². The molecule has 0 spiro atoms. The van der Waals surface area contributed by atoms with E-state index in [1.807, 2.05) is 0 Å². The SMILES string of the molecule is O=S(=O)([O-])[O-].O=S(=O)([O-])[O-].O=S(=O)([O-])[O-].[Cu+3].[Cu+3]. The van der Waals surface area contributed by atoms with E-state index < -0.39 is 31.2 Å². The van der Waals surface area contributed by atoms with Crippen LogP contribution >= 0.6 is 0 Å². The summed E-state index contributed by atoms with van der Waals surface area (Å²) in [4.78, 5) is 0. The van der Waals surface area contributed by atoms with Crippen molar-refractivity contribution in [3.63, 3.8) is 0 Å². The third kappa shape index (κ3) is 8480. The van der Waals surface area contributed by atoms with E-state index in [-0.39, 0.29) is 34.1 Å². The molecule has 112 valence electrons. The van der Waals surface area contributed by atoms with Crippen molar-refractivity contribution in [2.75, 3.05) is 0 Å². The summed E-state index contributed by atoms with van der Waals surface area (Å²) >= 11 is 0. The fraction of sp³-hybridized carbons (Fsp3) is 0. The van der Waals surface area contributed by atoms with E-state index in [2.05, 4.69) is 0 Å². The summed E-state index contributed by atoms with van der Waals surface area (Å²) in [7, 11) is -15.5. The first-order chi connectivity index (χ1) is 6.00. The molecule has 17 heavy (non-hydrogen) atoms. The maximum atomic E-state index is 8.52. The molecule has 0 radical (unpaired) electrons. The molecule has 0 heterocycles. The van der Waals surface area contributed by atoms with Crippen molar-refractivity contribution in [1.29, 1.82) is 0 Å².